The van der Waals surface area contributed by atoms with Gasteiger partial charge in [-0.2, -0.15) is 0 Å². The smallest absolute Gasteiger partial charge is 0.322 e. The molecule has 88 valence electrons. The van der Waals surface area contributed by atoms with Crippen LogP contribution in [0, 0.1) is 12.8 Å². The number of aromatic nitrogens is 2. The van der Waals surface area contributed by atoms with Crippen molar-refractivity contribution in [1.29, 1.82) is 0 Å². The fraction of sp³-hybridized carbons (Fsp3) is 0.667. The Morgan fingerprint density at radius 2 is 2.25 bits per heavy atom. The first-order valence-electron chi connectivity index (χ1n) is 5.06. The zero-order valence-electron chi connectivity index (χ0n) is 9.19. The van der Waals surface area contributed by atoms with E-state index >= 15 is 0 Å². The second-order valence-corrected chi connectivity index (χ2v) is 3.65. The van der Waals surface area contributed by atoms with Crippen LogP contribution in [0.4, 0.5) is 6.01 Å². The average Bonchev–Trinajstić information content (AvgIpc) is 2.86. The fourth-order valence-electron chi connectivity index (χ4n) is 1.64. The van der Waals surface area contributed by atoms with Crippen molar-refractivity contribution in [2.45, 2.75) is 13.0 Å². The molecule has 2 rings (SSSR count). The minimum Gasteiger partial charge on any atom is -0.408 e. The maximum absolute atomic E-state index is 11.8. The number of rotatable bonds is 3. The summed E-state index contributed by atoms with van der Waals surface area (Å²) in [7, 11) is 1.80. The molecule has 1 aliphatic heterocycles. The molecule has 0 saturated carbocycles. The van der Waals surface area contributed by atoms with Crippen molar-refractivity contribution in [1.82, 2.24) is 15.5 Å². The minimum absolute atomic E-state index is 0.0315. The lowest BCUT2D eigenvalue weighted by molar-refractivity contribution is -0.120. The summed E-state index contributed by atoms with van der Waals surface area (Å²) in [5, 5.41) is 12.9. The summed E-state index contributed by atoms with van der Waals surface area (Å²) in [6.07, 6.45) is 0. The largest absolute Gasteiger partial charge is 0.408 e. The molecule has 2 heterocycles. The first kappa shape index (κ1) is 11.0. The third-order valence-corrected chi connectivity index (χ3v) is 2.54. The number of nitrogens with one attached hydrogen (secondary N) is 2. The van der Waals surface area contributed by atoms with Crippen molar-refractivity contribution in [2.24, 2.45) is 5.92 Å². The molecule has 1 aliphatic rings. The van der Waals surface area contributed by atoms with Gasteiger partial charge in [0.05, 0.1) is 19.1 Å². The van der Waals surface area contributed by atoms with E-state index in [9.17, 15) is 4.79 Å². The van der Waals surface area contributed by atoms with Gasteiger partial charge in [-0.15, -0.1) is 5.10 Å². The first-order valence-corrected chi connectivity index (χ1v) is 5.06. The molecule has 1 amide bonds. The Hall–Kier alpha value is -1.47. The van der Waals surface area contributed by atoms with Crippen molar-refractivity contribution in [3.8, 4) is 0 Å². The number of hydrogen-bond acceptors (Lipinski definition) is 6. The standard InChI is InChI=1S/C9H14N4O3/c1-5-12-13-9(16-5)11-8(14)6-3-15-4-7(6)10-2/h6-7,10H,3-4H2,1-2H3,(H,11,13,14). The number of likely N-dealkylation sites (N-methyl/N-ethyl adjacent to an activating group) is 1. The Balaban J connectivity index is 1.97. The molecule has 16 heavy (non-hydrogen) atoms. The molecule has 0 aromatic carbocycles. The summed E-state index contributed by atoms with van der Waals surface area (Å²) in [4.78, 5) is 11.8. The summed E-state index contributed by atoms with van der Waals surface area (Å²) in [5.74, 6) is 0.0286. The van der Waals surface area contributed by atoms with Gasteiger partial charge in [-0.1, -0.05) is 5.10 Å². The minimum atomic E-state index is -0.225. The Morgan fingerprint density at radius 1 is 1.44 bits per heavy atom. The summed E-state index contributed by atoms with van der Waals surface area (Å²) in [6.45, 7) is 2.61. The average molecular weight is 226 g/mol. The van der Waals surface area contributed by atoms with Gasteiger partial charge in [-0.25, -0.2) is 0 Å². The predicted molar refractivity (Wildman–Crippen MR) is 54.8 cm³/mol. The molecule has 0 spiro atoms. The molecule has 1 aromatic rings. The molecule has 1 saturated heterocycles. The van der Waals surface area contributed by atoms with Crippen LogP contribution in [0.25, 0.3) is 0 Å². The Labute approximate surface area is 92.6 Å². The van der Waals surface area contributed by atoms with Crippen molar-refractivity contribution < 1.29 is 13.9 Å². The maximum atomic E-state index is 11.8. The van der Waals surface area contributed by atoms with Gasteiger partial charge in [0.2, 0.25) is 11.8 Å². The third kappa shape index (κ3) is 2.20. The summed E-state index contributed by atoms with van der Waals surface area (Å²) in [6, 6.07) is 0.160. The highest BCUT2D eigenvalue weighted by atomic mass is 16.5. The van der Waals surface area contributed by atoms with Gasteiger partial charge in [-0.3, -0.25) is 10.1 Å². The molecule has 0 aliphatic carbocycles. The zero-order chi connectivity index (χ0) is 11.5. The molecule has 7 nitrogen and oxygen atoms in total. The monoisotopic (exact) mass is 226 g/mol. The number of hydrogen-bond donors (Lipinski definition) is 2. The lowest BCUT2D eigenvalue weighted by Gasteiger charge is -2.14. The number of anilines is 1. The van der Waals surface area contributed by atoms with Crippen LogP contribution < -0.4 is 10.6 Å². The van der Waals surface area contributed by atoms with Crippen LogP contribution >= 0.6 is 0 Å². The Morgan fingerprint density at radius 3 is 2.88 bits per heavy atom. The second-order valence-electron chi connectivity index (χ2n) is 3.65. The summed E-state index contributed by atoms with van der Waals surface area (Å²) < 4.78 is 10.3. The van der Waals surface area contributed by atoms with E-state index in [1.807, 2.05) is 0 Å². The Kier molecular flexibility index (Phi) is 3.16. The maximum Gasteiger partial charge on any atom is 0.322 e. The van der Waals surface area contributed by atoms with Crippen LogP contribution in [0.15, 0.2) is 4.42 Å². The summed E-state index contributed by atoms with van der Waals surface area (Å²) in [5.41, 5.74) is 0. The number of ether oxygens (including phenoxy) is 1. The van der Waals surface area contributed by atoms with E-state index in [-0.39, 0.29) is 23.9 Å². The third-order valence-electron chi connectivity index (χ3n) is 2.54. The van der Waals surface area contributed by atoms with E-state index in [0.717, 1.165) is 0 Å². The lowest BCUT2D eigenvalue weighted by Crippen LogP contribution is -2.39. The molecule has 2 N–H and O–H groups in total. The van der Waals surface area contributed by atoms with Crippen LogP contribution in [0.2, 0.25) is 0 Å². The van der Waals surface area contributed by atoms with Gasteiger partial charge in [0, 0.05) is 13.0 Å². The lowest BCUT2D eigenvalue weighted by atomic mass is 10.0. The van der Waals surface area contributed by atoms with Crippen LogP contribution in [0.3, 0.4) is 0 Å². The van der Waals surface area contributed by atoms with E-state index in [1.165, 1.54) is 0 Å². The topological polar surface area (TPSA) is 89.3 Å². The SMILES string of the molecule is CNC1COCC1C(=O)Nc1nnc(C)o1. The van der Waals surface area contributed by atoms with Crippen molar-refractivity contribution in [3.63, 3.8) is 0 Å². The molecule has 2 atom stereocenters. The van der Waals surface area contributed by atoms with Gasteiger partial charge in [0.1, 0.15) is 0 Å². The zero-order valence-corrected chi connectivity index (χ0v) is 9.19. The van der Waals surface area contributed by atoms with Crippen molar-refractivity contribution in [2.75, 3.05) is 25.6 Å². The highest BCUT2D eigenvalue weighted by Crippen LogP contribution is 2.15. The van der Waals surface area contributed by atoms with Crippen LogP contribution in [-0.2, 0) is 9.53 Å². The Bertz CT molecular complexity index is 379. The van der Waals surface area contributed by atoms with Gasteiger partial charge in [0.25, 0.3) is 0 Å². The van der Waals surface area contributed by atoms with Crippen molar-refractivity contribution >= 4 is 11.9 Å². The number of nitrogens with zero attached hydrogens (tertiary/aromatic N) is 2. The molecule has 0 radical (unpaired) electrons. The molecular formula is C9H14N4O3. The van der Waals surface area contributed by atoms with Gasteiger partial charge < -0.3 is 14.5 Å². The number of carbonyl (C=O) groups excluding carboxylic acids is 1. The number of aryl methyl sites for hydroxylation is 1. The molecule has 0 bridgehead atoms. The highest BCUT2D eigenvalue weighted by molar-refractivity contribution is 5.91. The fourth-order valence-corrected chi connectivity index (χ4v) is 1.64. The van der Waals surface area contributed by atoms with E-state index in [0.29, 0.717) is 19.1 Å². The number of carbonyl (C=O) groups is 1. The predicted octanol–water partition coefficient (Wildman–Crippen LogP) is -0.449. The van der Waals surface area contributed by atoms with E-state index in [4.69, 9.17) is 9.15 Å². The highest BCUT2D eigenvalue weighted by Gasteiger charge is 2.33. The van der Waals surface area contributed by atoms with E-state index in [2.05, 4.69) is 20.8 Å². The quantitative estimate of drug-likeness (QED) is 0.725. The van der Waals surface area contributed by atoms with Crippen LogP contribution in [0.5, 0.6) is 0 Å². The molecule has 7 heteroatoms. The normalized spacial score (nSPS) is 24.6. The van der Waals surface area contributed by atoms with Crippen molar-refractivity contribution in [3.05, 3.63) is 5.89 Å². The van der Waals surface area contributed by atoms with Crippen LogP contribution in [-0.4, -0.2) is 42.4 Å². The van der Waals surface area contributed by atoms with E-state index < -0.39 is 0 Å². The van der Waals surface area contributed by atoms with Gasteiger partial charge in [-0.05, 0) is 7.05 Å². The molecule has 2 unspecified atom stereocenters. The summed E-state index contributed by atoms with van der Waals surface area (Å²) >= 11 is 0. The van der Waals surface area contributed by atoms with Gasteiger partial charge in [0.15, 0.2) is 0 Å². The first-order chi connectivity index (χ1) is 7.70. The van der Waals surface area contributed by atoms with E-state index in [1.54, 1.807) is 14.0 Å². The van der Waals surface area contributed by atoms with Crippen LogP contribution in [0.1, 0.15) is 5.89 Å². The molecular weight excluding hydrogens is 212 g/mol. The molecule has 1 fully saturated rings. The molecule has 1 aromatic heterocycles. The number of amides is 1. The second kappa shape index (κ2) is 4.58. The van der Waals surface area contributed by atoms with Gasteiger partial charge >= 0.3 is 6.01 Å².